The summed E-state index contributed by atoms with van der Waals surface area (Å²) in [4.78, 5) is 31.8. The van der Waals surface area contributed by atoms with Crippen LogP contribution >= 0.6 is 15.9 Å². The summed E-state index contributed by atoms with van der Waals surface area (Å²) in [6.45, 7) is 0.246. The second kappa shape index (κ2) is 12.0. The lowest BCUT2D eigenvalue weighted by atomic mass is 9.88. The number of hydrogen-bond donors (Lipinski definition) is 1. The normalized spacial score (nSPS) is 14.1. The first-order chi connectivity index (χ1) is 19.3. The number of aromatic carboxylic acids is 1. The zero-order valence-electron chi connectivity index (χ0n) is 22.5. The lowest BCUT2D eigenvalue weighted by molar-refractivity contribution is 0.0697. The Morgan fingerprint density at radius 2 is 1.85 bits per heavy atom. The zero-order chi connectivity index (χ0) is 28.2. The highest BCUT2D eigenvalue weighted by Crippen LogP contribution is 2.32. The van der Waals surface area contributed by atoms with Crippen LogP contribution in [-0.2, 0) is 6.61 Å². The standard InChI is InChI=1S/C31H31BrN4O4/c1-35(2)25-14-12-23(28(17-25)40-19-20-8-10-22(11-9-20)31(38)39)18-33-36-29(21-6-4-3-5-7-21)34-27-15-13-24(32)16-26(27)30(36)37/h8-18,21H,3-7,19H2,1-2H3,(H,38,39). The van der Waals surface area contributed by atoms with E-state index in [2.05, 4.69) is 15.9 Å². The number of anilines is 1. The van der Waals surface area contributed by atoms with Gasteiger partial charge in [-0.05, 0) is 60.9 Å². The van der Waals surface area contributed by atoms with Crippen LogP contribution in [-0.4, -0.2) is 41.0 Å². The lowest BCUT2D eigenvalue weighted by Crippen LogP contribution is -2.25. The van der Waals surface area contributed by atoms with Crippen molar-refractivity contribution < 1.29 is 14.6 Å². The molecule has 206 valence electrons. The second-order valence-corrected chi connectivity index (χ2v) is 11.2. The van der Waals surface area contributed by atoms with Crippen LogP contribution in [0, 0.1) is 0 Å². The maximum Gasteiger partial charge on any atom is 0.335 e. The van der Waals surface area contributed by atoms with E-state index in [1.54, 1.807) is 36.5 Å². The molecule has 0 radical (unpaired) electrons. The number of benzene rings is 3. The number of nitrogens with zero attached hydrogens (tertiary/aromatic N) is 4. The molecule has 1 saturated carbocycles. The first-order valence-electron chi connectivity index (χ1n) is 13.3. The molecule has 0 atom stereocenters. The fourth-order valence-corrected chi connectivity index (χ4v) is 5.32. The molecule has 1 heterocycles. The summed E-state index contributed by atoms with van der Waals surface area (Å²) in [7, 11) is 3.90. The first kappa shape index (κ1) is 27.6. The number of ether oxygens (including phenoxy) is 1. The Balaban J connectivity index is 1.52. The van der Waals surface area contributed by atoms with Gasteiger partial charge >= 0.3 is 5.97 Å². The van der Waals surface area contributed by atoms with E-state index < -0.39 is 5.97 Å². The Bertz CT molecular complexity index is 1620. The number of rotatable bonds is 8. The largest absolute Gasteiger partial charge is 0.488 e. The fourth-order valence-electron chi connectivity index (χ4n) is 4.96. The lowest BCUT2D eigenvalue weighted by Gasteiger charge is -2.23. The number of carbonyl (C=O) groups is 1. The van der Waals surface area contributed by atoms with Crippen molar-refractivity contribution in [2.24, 2.45) is 5.10 Å². The molecule has 1 N–H and O–H groups in total. The minimum absolute atomic E-state index is 0.173. The van der Waals surface area contributed by atoms with Crippen molar-refractivity contribution in [2.75, 3.05) is 19.0 Å². The van der Waals surface area contributed by atoms with E-state index in [1.165, 1.54) is 11.1 Å². The van der Waals surface area contributed by atoms with E-state index in [1.807, 2.05) is 49.3 Å². The van der Waals surface area contributed by atoms with Crippen molar-refractivity contribution in [3.63, 3.8) is 0 Å². The number of carboxylic acids is 1. The van der Waals surface area contributed by atoms with Gasteiger partial charge in [0.1, 0.15) is 18.2 Å². The minimum Gasteiger partial charge on any atom is -0.488 e. The van der Waals surface area contributed by atoms with E-state index >= 15 is 0 Å². The molecule has 0 aliphatic heterocycles. The molecule has 5 rings (SSSR count). The van der Waals surface area contributed by atoms with E-state index in [4.69, 9.17) is 19.9 Å². The van der Waals surface area contributed by atoms with Crippen molar-refractivity contribution in [1.29, 1.82) is 0 Å². The number of aromatic nitrogens is 2. The Hall–Kier alpha value is -3.98. The van der Waals surface area contributed by atoms with Crippen LogP contribution in [0.4, 0.5) is 5.69 Å². The molecule has 9 heteroatoms. The summed E-state index contributed by atoms with van der Waals surface area (Å²) < 4.78 is 8.46. The predicted octanol–water partition coefficient (Wildman–Crippen LogP) is 6.43. The minimum atomic E-state index is -0.969. The second-order valence-electron chi connectivity index (χ2n) is 10.2. The van der Waals surface area contributed by atoms with Crippen LogP contribution in [0.15, 0.2) is 75.0 Å². The van der Waals surface area contributed by atoms with Crippen LogP contribution in [0.5, 0.6) is 5.75 Å². The van der Waals surface area contributed by atoms with Crippen LogP contribution < -0.4 is 15.2 Å². The molecule has 1 aliphatic carbocycles. The summed E-state index contributed by atoms with van der Waals surface area (Å²) in [6, 6.07) is 18.0. The summed E-state index contributed by atoms with van der Waals surface area (Å²) >= 11 is 3.47. The molecule has 4 aromatic rings. The molecule has 0 amide bonds. The smallest absolute Gasteiger partial charge is 0.335 e. The first-order valence-corrected chi connectivity index (χ1v) is 14.1. The molecule has 0 bridgehead atoms. The Morgan fingerprint density at radius 3 is 2.55 bits per heavy atom. The van der Waals surface area contributed by atoms with Crippen molar-refractivity contribution in [3.05, 3.63) is 98.0 Å². The number of halogens is 1. The van der Waals surface area contributed by atoms with Crippen LogP contribution in [0.1, 0.15) is 65.3 Å². The van der Waals surface area contributed by atoms with Crippen molar-refractivity contribution in [1.82, 2.24) is 9.66 Å². The van der Waals surface area contributed by atoms with Crippen molar-refractivity contribution in [2.45, 2.75) is 44.6 Å². The summed E-state index contributed by atoms with van der Waals surface area (Å²) in [5.41, 5.74) is 3.20. The van der Waals surface area contributed by atoms with Gasteiger partial charge in [0.05, 0.1) is 22.7 Å². The Kier molecular flexibility index (Phi) is 8.30. The monoisotopic (exact) mass is 602 g/mol. The SMILES string of the molecule is CN(C)c1ccc(C=Nn2c(C3CCCCC3)nc3ccc(Br)cc3c2=O)c(OCc2ccc(C(=O)O)cc2)c1. The highest BCUT2D eigenvalue weighted by Gasteiger charge is 2.22. The third kappa shape index (κ3) is 6.09. The number of hydrogen-bond acceptors (Lipinski definition) is 6. The third-order valence-electron chi connectivity index (χ3n) is 7.22. The van der Waals surface area contributed by atoms with Crippen LogP contribution in [0.3, 0.4) is 0 Å². The van der Waals surface area contributed by atoms with Gasteiger partial charge < -0.3 is 14.7 Å². The number of carboxylic acid groups (broad SMARTS) is 1. The Morgan fingerprint density at radius 1 is 1.10 bits per heavy atom. The molecule has 1 aromatic heterocycles. The van der Waals surface area contributed by atoms with E-state index in [0.717, 1.165) is 41.4 Å². The van der Waals surface area contributed by atoms with Crippen LogP contribution in [0.2, 0.25) is 0 Å². The molecule has 40 heavy (non-hydrogen) atoms. The molecule has 0 saturated heterocycles. The molecule has 0 unspecified atom stereocenters. The summed E-state index contributed by atoms with van der Waals surface area (Å²) in [6.07, 6.45) is 7.04. The summed E-state index contributed by atoms with van der Waals surface area (Å²) in [5, 5.41) is 14.4. The molecular formula is C31H31BrN4O4. The van der Waals surface area contributed by atoms with Gasteiger partial charge in [-0.2, -0.15) is 9.78 Å². The maximum atomic E-state index is 13.7. The number of fused-ring (bicyclic) bond motifs is 1. The predicted molar refractivity (Wildman–Crippen MR) is 161 cm³/mol. The van der Waals surface area contributed by atoms with Crippen LogP contribution in [0.25, 0.3) is 10.9 Å². The van der Waals surface area contributed by atoms with E-state index in [-0.39, 0.29) is 23.6 Å². The molecular weight excluding hydrogens is 572 g/mol. The zero-order valence-corrected chi connectivity index (χ0v) is 24.1. The van der Waals surface area contributed by atoms with Gasteiger partial charge in [0.25, 0.3) is 5.56 Å². The molecule has 3 aromatic carbocycles. The average Bonchev–Trinajstić information content (AvgIpc) is 2.96. The topological polar surface area (TPSA) is 97.0 Å². The van der Waals surface area contributed by atoms with E-state index in [0.29, 0.717) is 28.0 Å². The van der Waals surface area contributed by atoms with Gasteiger partial charge in [-0.25, -0.2) is 9.78 Å². The molecule has 8 nitrogen and oxygen atoms in total. The maximum absolute atomic E-state index is 13.7. The third-order valence-corrected chi connectivity index (χ3v) is 7.72. The van der Waals surface area contributed by atoms with Gasteiger partial charge in [-0.3, -0.25) is 4.79 Å². The fraction of sp³-hybridized carbons (Fsp3) is 0.290. The van der Waals surface area contributed by atoms with Gasteiger partial charge in [-0.15, -0.1) is 0 Å². The molecule has 0 spiro atoms. The average molecular weight is 604 g/mol. The molecule has 1 fully saturated rings. The summed E-state index contributed by atoms with van der Waals surface area (Å²) in [5.74, 6) is 0.498. The van der Waals surface area contributed by atoms with Gasteiger partial charge in [0.2, 0.25) is 0 Å². The highest BCUT2D eigenvalue weighted by molar-refractivity contribution is 9.10. The van der Waals surface area contributed by atoms with Gasteiger partial charge in [0.15, 0.2) is 0 Å². The van der Waals surface area contributed by atoms with Gasteiger partial charge in [0, 0.05) is 41.8 Å². The Labute approximate surface area is 241 Å². The highest BCUT2D eigenvalue weighted by atomic mass is 79.9. The molecule has 1 aliphatic rings. The van der Waals surface area contributed by atoms with Crippen molar-refractivity contribution >= 4 is 44.7 Å². The quantitative estimate of drug-likeness (QED) is 0.233. The van der Waals surface area contributed by atoms with Crippen molar-refractivity contribution in [3.8, 4) is 5.75 Å². The van der Waals surface area contributed by atoms with E-state index in [9.17, 15) is 9.59 Å². The van der Waals surface area contributed by atoms with Gasteiger partial charge in [-0.1, -0.05) is 47.3 Å².